The van der Waals surface area contributed by atoms with E-state index in [2.05, 4.69) is 20.3 Å². The quantitative estimate of drug-likeness (QED) is 0.687. The molecule has 0 radical (unpaired) electrons. The molecule has 3 aromatic heterocycles. The van der Waals surface area contributed by atoms with Gasteiger partial charge in [0.2, 0.25) is 5.78 Å². The summed E-state index contributed by atoms with van der Waals surface area (Å²) in [6, 6.07) is 3.78. The van der Waals surface area contributed by atoms with Crippen molar-refractivity contribution >= 4 is 5.78 Å². The van der Waals surface area contributed by atoms with Crippen LogP contribution in [0.2, 0.25) is 0 Å². The summed E-state index contributed by atoms with van der Waals surface area (Å²) < 4.78 is 44.2. The van der Waals surface area contributed by atoms with Crippen LogP contribution in [0.25, 0.3) is 5.95 Å². The van der Waals surface area contributed by atoms with Gasteiger partial charge in [-0.2, -0.15) is 17.9 Å². The minimum atomic E-state index is -4.62. The van der Waals surface area contributed by atoms with Crippen molar-refractivity contribution in [1.82, 2.24) is 25.0 Å². The highest BCUT2D eigenvalue weighted by Crippen LogP contribution is 2.28. The van der Waals surface area contributed by atoms with Crippen molar-refractivity contribution < 1.29 is 22.4 Å². The summed E-state index contributed by atoms with van der Waals surface area (Å²) in [6.07, 6.45) is -2.16. The second-order valence-corrected chi connectivity index (χ2v) is 4.55. The number of rotatable bonds is 3. The molecule has 0 spiro atoms. The molecule has 0 N–H and O–H groups in total. The third kappa shape index (κ3) is 2.96. The molecule has 0 aliphatic carbocycles. The summed E-state index contributed by atoms with van der Waals surface area (Å²) >= 11 is 0. The molecule has 118 valence electrons. The van der Waals surface area contributed by atoms with Gasteiger partial charge in [0.15, 0.2) is 11.5 Å². The molecule has 7 nitrogen and oxygen atoms in total. The van der Waals surface area contributed by atoms with E-state index in [9.17, 15) is 18.0 Å². The number of carbonyl (C=O) groups is 1. The summed E-state index contributed by atoms with van der Waals surface area (Å²) in [7, 11) is 0. The zero-order valence-electron chi connectivity index (χ0n) is 11.6. The van der Waals surface area contributed by atoms with Crippen LogP contribution in [0.5, 0.6) is 0 Å². The average molecular weight is 323 g/mol. The molecular formula is C13H8F3N5O2. The monoisotopic (exact) mass is 323 g/mol. The molecule has 0 aliphatic heterocycles. The van der Waals surface area contributed by atoms with Gasteiger partial charge in [0.25, 0.3) is 5.95 Å². The summed E-state index contributed by atoms with van der Waals surface area (Å²) in [5, 5.41) is 7.21. The van der Waals surface area contributed by atoms with E-state index in [1.165, 1.54) is 25.3 Å². The largest absolute Gasteiger partial charge is 0.461 e. The molecule has 0 atom stereocenters. The van der Waals surface area contributed by atoms with E-state index in [0.717, 1.165) is 16.9 Å². The fraction of sp³-hybridized carbons (Fsp3) is 0.154. The van der Waals surface area contributed by atoms with Crippen LogP contribution in [0.3, 0.4) is 0 Å². The number of nitrogens with zero attached hydrogens (tertiary/aromatic N) is 5. The number of aromatic nitrogens is 5. The number of hydrogen-bond donors (Lipinski definition) is 0. The summed E-state index contributed by atoms with van der Waals surface area (Å²) in [4.78, 5) is 19.3. The fourth-order valence-corrected chi connectivity index (χ4v) is 1.80. The van der Waals surface area contributed by atoms with Crippen LogP contribution >= 0.6 is 0 Å². The first kappa shape index (κ1) is 14.9. The topological polar surface area (TPSA) is 86.7 Å². The second-order valence-electron chi connectivity index (χ2n) is 4.55. The number of carbonyl (C=O) groups excluding carboxylic acids is 1. The predicted molar refractivity (Wildman–Crippen MR) is 68.8 cm³/mol. The molecule has 0 saturated heterocycles. The van der Waals surface area contributed by atoms with Crippen LogP contribution in [0.4, 0.5) is 13.2 Å². The van der Waals surface area contributed by atoms with Gasteiger partial charge < -0.3 is 4.42 Å². The lowest BCUT2D eigenvalue weighted by atomic mass is 10.2. The smallest absolute Gasteiger partial charge is 0.433 e. The predicted octanol–water partition coefficient (Wildman–Crippen LogP) is 2.21. The van der Waals surface area contributed by atoms with Crippen LogP contribution in [-0.4, -0.2) is 30.7 Å². The number of alkyl halides is 3. The molecule has 0 fully saturated rings. The van der Waals surface area contributed by atoms with Crippen molar-refractivity contribution in [2.45, 2.75) is 13.1 Å². The van der Waals surface area contributed by atoms with Crippen LogP contribution in [-0.2, 0) is 6.18 Å². The van der Waals surface area contributed by atoms with E-state index in [1.54, 1.807) is 0 Å². The summed E-state index contributed by atoms with van der Waals surface area (Å²) in [5.74, 6) is -0.841. The Balaban J connectivity index is 1.98. The summed E-state index contributed by atoms with van der Waals surface area (Å²) in [6.45, 7) is 1.40. The van der Waals surface area contributed by atoms with Crippen LogP contribution in [0.15, 0.2) is 35.1 Å². The highest BCUT2D eigenvalue weighted by molar-refractivity contribution is 6.05. The van der Waals surface area contributed by atoms with Crippen molar-refractivity contribution in [3.63, 3.8) is 0 Å². The molecule has 3 heterocycles. The Morgan fingerprint density at radius 1 is 1.30 bits per heavy atom. The van der Waals surface area contributed by atoms with Crippen molar-refractivity contribution in [3.8, 4) is 5.95 Å². The van der Waals surface area contributed by atoms with Gasteiger partial charge in [-0.05, 0) is 25.1 Å². The van der Waals surface area contributed by atoms with Gasteiger partial charge in [-0.1, -0.05) is 5.21 Å². The van der Waals surface area contributed by atoms with Gasteiger partial charge in [-0.3, -0.25) is 4.79 Å². The zero-order valence-corrected chi connectivity index (χ0v) is 11.6. The number of hydrogen-bond acceptors (Lipinski definition) is 6. The number of furan rings is 1. The third-order valence-electron chi connectivity index (χ3n) is 2.81. The highest BCUT2D eigenvalue weighted by Gasteiger charge is 2.33. The average Bonchev–Trinajstić information content (AvgIpc) is 3.17. The van der Waals surface area contributed by atoms with Crippen molar-refractivity contribution in [2.24, 2.45) is 0 Å². The van der Waals surface area contributed by atoms with Gasteiger partial charge in [0.05, 0.1) is 12.5 Å². The molecule has 23 heavy (non-hydrogen) atoms. The minimum Gasteiger partial charge on any atom is -0.461 e. The first-order valence-corrected chi connectivity index (χ1v) is 6.28. The maximum atomic E-state index is 12.8. The summed E-state index contributed by atoms with van der Waals surface area (Å²) in [5.41, 5.74) is -1.09. The normalized spacial score (nSPS) is 11.7. The van der Waals surface area contributed by atoms with E-state index in [0.29, 0.717) is 0 Å². The standard InChI is InChI=1S/C13H8F3N5O2/c1-7-5-10(13(14,15)16)18-12(17-7)21-6-8(19-20-21)11(22)9-3-2-4-23-9/h2-6H,1H3. The lowest BCUT2D eigenvalue weighted by Gasteiger charge is -2.07. The minimum absolute atomic E-state index is 0.0400. The van der Waals surface area contributed by atoms with E-state index in [4.69, 9.17) is 4.42 Å². The van der Waals surface area contributed by atoms with Crippen LogP contribution in [0.1, 0.15) is 27.6 Å². The maximum absolute atomic E-state index is 12.8. The third-order valence-corrected chi connectivity index (χ3v) is 2.81. The van der Waals surface area contributed by atoms with Crippen LogP contribution < -0.4 is 0 Å². The van der Waals surface area contributed by atoms with Crippen molar-refractivity contribution in [3.05, 3.63) is 53.5 Å². The molecule has 0 aliphatic rings. The Hall–Kier alpha value is -3.04. The Labute approximate surface area is 126 Å². The molecule has 0 saturated carbocycles. The van der Waals surface area contributed by atoms with E-state index >= 15 is 0 Å². The van der Waals surface area contributed by atoms with E-state index in [-0.39, 0.29) is 23.1 Å². The lowest BCUT2D eigenvalue weighted by molar-refractivity contribution is -0.141. The Kier molecular flexibility index (Phi) is 3.43. The maximum Gasteiger partial charge on any atom is 0.433 e. The van der Waals surface area contributed by atoms with E-state index in [1.807, 2.05) is 0 Å². The Morgan fingerprint density at radius 3 is 2.74 bits per heavy atom. The van der Waals surface area contributed by atoms with Crippen molar-refractivity contribution in [2.75, 3.05) is 0 Å². The second kappa shape index (κ2) is 5.30. The van der Waals surface area contributed by atoms with Gasteiger partial charge in [-0.25, -0.2) is 9.97 Å². The molecular weight excluding hydrogens is 315 g/mol. The Bertz CT molecular complexity index is 855. The molecule has 3 rings (SSSR count). The van der Waals surface area contributed by atoms with Gasteiger partial charge in [0.1, 0.15) is 5.69 Å². The van der Waals surface area contributed by atoms with E-state index < -0.39 is 17.7 Å². The first-order chi connectivity index (χ1) is 10.8. The van der Waals surface area contributed by atoms with Gasteiger partial charge >= 0.3 is 6.18 Å². The number of aryl methyl sites for hydroxylation is 1. The molecule has 3 aromatic rings. The molecule has 10 heteroatoms. The van der Waals surface area contributed by atoms with Gasteiger partial charge in [-0.15, -0.1) is 5.10 Å². The lowest BCUT2D eigenvalue weighted by Crippen LogP contribution is -2.13. The first-order valence-electron chi connectivity index (χ1n) is 6.28. The highest BCUT2D eigenvalue weighted by atomic mass is 19.4. The molecule has 0 aromatic carbocycles. The number of ketones is 1. The molecule has 0 amide bonds. The zero-order chi connectivity index (χ0) is 16.6. The number of halogens is 3. The molecule has 0 bridgehead atoms. The van der Waals surface area contributed by atoms with Gasteiger partial charge in [0, 0.05) is 5.69 Å². The Morgan fingerprint density at radius 2 is 2.09 bits per heavy atom. The van der Waals surface area contributed by atoms with Crippen LogP contribution in [0, 0.1) is 6.92 Å². The SMILES string of the molecule is Cc1cc(C(F)(F)F)nc(-n2cc(C(=O)c3ccco3)nn2)n1. The fourth-order valence-electron chi connectivity index (χ4n) is 1.80. The van der Waals surface area contributed by atoms with Crippen molar-refractivity contribution in [1.29, 1.82) is 0 Å². The molecule has 0 unspecified atom stereocenters.